The maximum atomic E-state index is 4.49. The quantitative estimate of drug-likeness (QED) is 0.898. The summed E-state index contributed by atoms with van der Waals surface area (Å²) in [6.45, 7) is 5.50. The predicted molar refractivity (Wildman–Crippen MR) is 74.7 cm³/mol. The molecule has 1 fully saturated rings. The zero-order valence-corrected chi connectivity index (χ0v) is 11.0. The standard InChI is InChI=1S/C15H21N3/c1-2-18-11-17-14-10-13(3-4-15(14)18)9-12-5-7-16-8-6-12/h3-4,10-12,16H,2,5-9H2,1H3. The molecule has 0 unspecified atom stereocenters. The molecular weight excluding hydrogens is 222 g/mol. The summed E-state index contributed by atoms with van der Waals surface area (Å²) >= 11 is 0. The second kappa shape index (κ2) is 5.11. The van der Waals surface area contributed by atoms with Crippen LogP contribution in [0.5, 0.6) is 0 Å². The predicted octanol–water partition coefficient (Wildman–Crippen LogP) is 2.60. The van der Waals surface area contributed by atoms with E-state index in [4.69, 9.17) is 0 Å². The van der Waals surface area contributed by atoms with E-state index in [1.54, 1.807) is 0 Å². The van der Waals surface area contributed by atoms with E-state index in [2.05, 4.69) is 40.0 Å². The Morgan fingerprint density at radius 3 is 2.94 bits per heavy atom. The molecule has 1 aromatic carbocycles. The van der Waals surface area contributed by atoms with Crippen LogP contribution in [0.3, 0.4) is 0 Å². The van der Waals surface area contributed by atoms with Crippen LogP contribution in [0.25, 0.3) is 11.0 Å². The molecule has 2 aromatic rings. The second-order valence-corrected chi connectivity index (χ2v) is 5.25. The molecule has 0 amide bonds. The van der Waals surface area contributed by atoms with Crippen LogP contribution < -0.4 is 5.32 Å². The summed E-state index contributed by atoms with van der Waals surface area (Å²) in [5, 5.41) is 3.43. The Morgan fingerprint density at radius 1 is 1.33 bits per heavy atom. The van der Waals surface area contributed by atoms with Crippen molar-refractivity contribution < 1.29 is 0 Å². The number of piperidine rings is 1. The lowest BCUT2D eigenvalue weighted by Gasteiger charge is -2.22. The van der Waals surface area contributed by atoms with Gasteiger partial charge in [-0.1, -0.05) is 6.07 Å². The highest BCUT2D eigenvalue weighted by Crippen LogP contribution is 2.21. The molecule has 96 valence electrons. The summed E-state index contributed by atoms with van der Waals surface area (Å²) in [5.74, 6) is 0.844. The zero-order valence-electron chi connectivity index (χ0n) is 11.0. The van der Waals surface area contributed by atoms with E-state index in [0.29, 0.717) is 0 Å². The fourth-order valence-electron chi connectivity index (χ4n) is 2.91. The van der Waals surface area contributed by atoms with E-state index in [1.165, 1.54) is 43.4 Å². The molecule has 0 bridgehead atoms. The van der Waals surface area contributed by atoms with Gasteiger partial charge in [-0.25, -0.2) is 4.98 Å². The maximum Gasteiger partial charge on any atom is 0.0958 e. The number of hydrogen-bond acceptors (Lipinski definition) is 2. The summed E-state index contributed by atoms with van der Waals surface area (Å²) in [5.41, 5.74) is 3.84. The lowest BCUT2D eigenvalue weighted by atomic mass is 9.91. The fraction of sp³-hybridized carbons (Fsp3) is 0.533. The first-order valence-corrected chi connectivity index (χ1v) is 7.01. The van der Waals surface area contributed by atoms with E-state index in [1.807, 2.05) is 6.33 Å². The molecule has 3 heteroatoms. The van der Waals surface area contributed by atoms with Gasteiger partial charge in [-0.15, -0.1) is 0 Å². The highest BCUT2D eigenvalue weighted by atomic mass is 15.0. The maximum absolute atomic E-state index is 4.49. The minimum Gasteiger partial charge on any atom is -0.331 e. The van der Waals surface area contributed by atoms with E-state index in [9.17, 15) is 0 Å². The molecule has 1 N–H and O–H groups in total. The molecule has 0 spiro atoms. The molecule has 1 saturated heterocycles. The normalized spacial score (nSPS) is 17.4. The molecule has 0 aliphatic carbocycles. The highest BCUT2D eigenvalue weighted by molar-refractivity contribution is 5.76. The Hall–Kier alpha value is -1.35. The van der Waals surface area contributed by atoms with Crippen molar-refractivity contribution in [2.45, 2.75) is 32.7 Å². The molecule has 0 saturated carbocycles. The van der Waals surface area contributed by atoms with Gasteiger partial charge >= 0.3 is 0 Å². The molecule has 1 aliphatic rings. The van der Waals surface area contributed by atoms with E-state index in [-0.39, 0.29) is 0 Å². The van der Waals surface area contributed by atoms with Crippen LogP contribution in [0.1, 0.15) is 25.3 Å². The Bertz CT molecular complexity index is 524. The average molecular weight is 243 g/mol. The largest absolute Gasteiger partial charge is 0.331 e. The number of aryl methyl sites for hydroxylation is 1. The van der Waals surface area contributed by atoms with Gasteiger partial charge in [0.1, 0.15) is 0 Å². The molecule has 3 nitrogen and oxygen atoms in total. The van der Waals surface area contributed by atoms with Crippen molar-refractivity contribution in [2.75, 3.05) is 13.1 Å². The van der Waals surface area contributed by atoms with Gasteiger partial charge in [-0.3, -0.25) is 0 Å². The Morgan fingerprint density at radius 2 is 2.17 bits per heavy atom. The second-order valence-electron chi connectivity index (χ2n) is 5.25. The first kappa shape index (κ1) is 11.7. The van der Waals surface area contributed by atoms with Crippen molar-refractivity contribution in [1.29, 1.82) is 0 Å². The van der Waals surface area contributed by atoms with Crippen molar-refractivity contribution in [1.82, 2.24) is 14.9 Å². The minimum atomic E-state index is 0.844. The van der Waals surface area contributed by atoms with E-state index >= 15 is 0 Å². The number of nitrogens with zero attached hydrogens (tertiary/aromatic N) is 2. The molecular formula is C15H21N3. The van der Waals surface area contributed by atoms with E-state index in [0.717, 1.165) is 18.0 Å². The van der Waals surface area contributed by atoms with Crippen molar-refractivity contribution in [3.63, 3.8) is 0 Å². The third-order valence-electron chi connectivity index (χ3n) is 4.01. The van der Waals surface area contributed by atoms with Crippen LogP contribution in [-0.2, 0) is 13.0 Å². The number of imidazole rings is 1. The third-order valence-corrected chi connectivity index (χ3v) is 4.01. The summed E-state index contributed by atoms with van der Waals surface area (Å²) in [6, 6.07) is 6.77. The fourth-order valence-corrected chi connectivity index (χ4v) is 2.91. The molecule has 0 radical (unpaired) electrons. The SMILES string of the molecule is CCn1cnc2cc(CC3CCNCC3)ccc21. The van der Waals surface area contributed by atoms with Gasteiger partial charge in [0.15, 0.2) is 0 Å². The van der Waals surface area contributed by atoms with Crippen LogP contribution in [0.15, 0.2) is 24.5 Å². The number of benzene rings is 1. The molecule has 1 aliphatic heterocycles. The summed E-state index contributed by atoms with van der Waals surface area (Å²) in [7, 11) is 0. The Balaban J connectivity index is 1.80. The number of aromatic nitrogens is 2. The van der Waals surface area contributed by atoms with Gasteiger partial charge < -0.3 is 9.88 Å². The van der Waals surface area contributed by atoms with Crippen molar-refractivity contribution in [2.24, 2.45) is 5.92 Å². The van der Waals surface area contributed by atoms with Gasteiger partial charge in [0, 0.05) is 6.54 Å². The van der Waals surface area contributed by atoms with Crippen molar-refractivity contribution >= 4 is 11.0 Å². The summed E-state index contributed by atoms with van der Waals surface area (Å²) in [6.07, 6.45) is 5.76. The molecule has 2 heterocycles. The number of fused-ring (bicyclic) bond motifs is 1. The molecule has 1 aromatic heterocycles. The van der Waals surface area contributed by atoms with Crippen LogP contribution in [0.4, 0.5) is 0 Å². The molecule has 0 atom stereocenters. The Labute approximate surface area is 108 Å². The van der Waals surface area contributed by atoms with Crippen molar-refractivity contribution in [3.05, 3.63) is 30.1 Å². The summed E-state index contributed by atoms with van der Waals surface area (Å²) in [4.78, 5) is 4.49. The van der Waals surface area contributed by atoms with Gasteiger partial charge in [-0.05, 0) is 62.9 Å². The van der Waals surface area contributed by atoms with E-state index < -0.39 is 0 Å². The molecule has 3 rings (SSSR count). The number of nitrogens with one attached hydrogen (secondary N) is 1. The number of hydrogen-bond donors (Lipinski definition) is 1. The van der Waals surface area contributed by atoms with Gasteiger partial charge in [0.25, 0.3) is 0 Å². The monoisotopic (exact) mass is 243 g/mol. The first-order valence-electron chi connectivity index (χ1n) is 7.01. The summed E-state index contributed by atoms with van der Waals surface area (Å²) < 4.78 is 2.20. The number of rotatable bonds is 3. The zero-order chi connectivity index (χ0) is 12.4. The third kappa shape index (κ3) is 2.27. The van der Waals surface area contributed by atoms with Crippen LogP contribution in [0, 0.1) is 5.92 Å². The van der Waals surface area contributed by atoms with Crippen molar-refractivity contribution in [3.8, 4) is 0 Å². The topological polar surface area (TPSA) is 29.9 Å². The minimum absolute atomic E-state index is 0.844. The van der Waals surface area contributed by atoms with Crippen LogP contribution >= 0.6 is 0 Å². The first-order chi connectivity index (χ1) is 8.86. The van der Waals surface area contributed by atoms with Crippen LogP contribution in [0.2, 0.25) is 0 Å². The Kier molecular flexibility index (Phi) is 3.33. The van der Waals surface area contributed by atoms with Gasteiger partial charge in [-0.2, -0.15) is 0 Å². The molecule has 18 heavy (non-hydrogen) atoms. The van der Waals surface area contributed by atoms with Gasteiger partial charge in [0.05, 0.1) is 17.4 Å². The smallest absolute Gasteiger partial charge is 0.0958 e. The average Bonchev–Trinajstić information content (AvgIpc) is 2.82. The lowest BCUT2D eigenvalue weighted by Crippen LogP contribution is -2.28. The van der Waals surface area contributed by atoms with Gasteiger partial charge in [0.2, 0.25) is 0 Å². The van der Waals surface area contributed by atoms with Crippen LogP contribution in [-0.4, -0.2) is 22.6 Å². The lowest BCUT2D eigenvalue weighted by molar-refractivity contribution is 0.373. The highest BCUT2D eigenvalue weighted by Gasteiger charge is 2.14.